The first kappa shape index (κ1) is 15.9. The SMILES string of the molecule is CCCC[C@@H](O)[C@@H](N)c1ccc(F)c(C(F)(F)F)c1. The number of aliphatic hydroxyl groups is 1. The average Bonchev–Trinajstić information content (AvgIpc) is 2.34. The van der Waals surface area contributed by atoms with Crippen molar-refractivity contribution < 1.29 is 22.7 Å². The largest absolute Gasteiger partial charge is 0.419 e. The zero-order valence-electron chi connectivity index (χ0n) is 10.5. The lowest BCUT2D eigenvalue weighted by atomic mass is 9.96. The maximum absolute atomic E-state index is 13.1. The van der Waals surface area contributed by atoms with Gasteiger partial charge in [0.2, 0.25) is 0 Å². The zero-order valence-corrected chi connectivity index (χ0v) is 10.5. The van der Waals surface area contributed by atoms with Gasteiger partial charge >= 0.3 is 6.18 Å². The molecule has 0 aliphatic heterocycles. The van der Waals surface area contributed by atoms with Crippen LogP contribution in [0, 0.1) is 5.82 Å². The second-order valence-electron chi connectivity index (χ2n) is 4.47. The smallest absolute Gasteiger partial charge is 0.391 e. The van der Waals surface area contributed by atoms with E-state index in [-0.39, 0.29) is 5.56 Å². The molecule has 0 saturated heterocycles. The third kappa shape index (κ3) is 4.18. The van der Waals surface area contributed by atoms with Gasteiger partial charge in [0, 0.05) is 0 Å². The predicted molar refractivity (Wildman–Crippen MR) is 63.9 cm³/mol. The first-order chi connectivity index (χ1) is 8.77. The van der Waals surface area contributed by atoms with Crippen LogP contribution in [-0.2, 0) is 6.18 Å². The molecule has 1 rings (SSSR count). The molecule has 1 aromatic carbocycles. The first-order valence-electron chi connectivity index (χ1n) is 6.07. The highest BCUT2D eigenvalue weighted by molar-refractivity contribution is 5.29. The Balaban J connectivity index is 2.95. The summed E-state index contributed by atoms with van der Waals surface area (Å²) in [6.45, 7) is 1.93. The normalized spacial score (nSPS) is 15.3. The lowest BCUT2D eigenvalue weighted by molar-refractivity contribution is -0.140. The van der Waals surface area contributed by atoms with E-state index in [4.69, 9.17) is 5.73 Å². The van der Waals surface area contributed by atoms with Gasteiger partial charge in [0.15, 0.2) is 0 Å². The zero-order chi connectivity index (χ0) is 14.6. The van der Waals surface area contributed by atoms with Gasteiger partial charge < -0.3 is 10.8 Å². The Morgan fingerprint density at radius 1 is 1.32 bits per heavy atom. The van der Waals surface area contributed by atoms with Gasteiger partial charge in [-0.1, -0.05) is 25.8 Å². The number of rotatable bonds is 5. The van der Waals surface area contributed by atoms with Crippen LogP contribution in [-0.4, -0.2) is 11.2 Å². The summed E-state index contributed by atoms with van der Waals surface area (Å²) in [4.78, 5) is 0. The summed E-state index contributed by atoms with van der Waals surface area (Å²) in [6, 6.07) is 1.61. The van der Waals surface area contributed by atoms with E-state index < -0.39 is 29.7 Å². The van der Waals surface area contributed by atoms with E-state index in [9.17, 15) is 22.7 Å². The molecule has 0 amide bonds. The highest BCUT2D eigenvalue weighted by atomic mass is 19.4. The minimum Gasteiger partial charge on any atom is -0.391 e. The lowest BCUT2D eigenvalue weighted by Gasteiger charge is -2.20. The molecule has 19 heavy (non-hydrogen) atoms. The maximum atomic E-state index is 13.1. The van der Waals surface area contributed by atoms with Crippen LogP contribution in [0.15, 0.2) is 18.2 Å². The molecule has 0 fully saturated rings. The lowest BCUT2D eigenvalue weighted by Crippen LogP contribution is -2.26. The second-order valence-corrected chi connectivity index (χ2v) is 4.47. The molecule has 0 aliphatic carbocycles. The van der Waals surface area contributed by atoms with E-state index in [2.05, 4.69) is 0 Å². The van der Waals surface area contributed by atoms with Gasteiger partial charge in [-0.25, -0.2) is 4.39 Å². The van der Waals surface area contributed by atoms with Crippen LogP contribution >= 0.6 is 0 Å². The fraction of sp³-hybridized carbons (Fsp3) is 0.538. The summed E-state index contributed by atoms with van der Waals surface area (Å²) in [6.07, 6.45) is -3.74. The summed E-state index contributed by atoms with van der Waals surface area (Å²) in [5, 5.41) is 9.77. The number of alkyl halides is 3. The van der Waals surface area contributed by atoms with E-state index in [1.165, 1.54) is 6.07 Å². The average molecular weight is 279 g/mol. The topological polar surface area (TPSA) is 46.2 Å². The molecule has 108 valence electrons. The van der Waals surface area contributed by atoms with Crippen LogP contribution in [0.2, 0.25) is 0 Å². The van der Waals surface area contributed by atoms with Gasteiger partial charge in [-0.15, -0.1) is 0 Å². The van der Waals surface area contributed by atoms with Crippen LogP contribution < -0.4 is 5.73 Å². The fourth-order valence-electron chi connectivity index (χ4n) is 1.78. The van der Waals surface area contributed by atoms with Gasteiger partial charge in [-0.3, -0.25) is 0 Å². The van der Waals surface area contributed by atoms with Crippen molar-refractivity contribution in [1.82, 2.24) is 0 Å². The number of unbranched alkanes of at least 4 members (excludes halogenated alkanes) is 1. The Hall–Kier alpha value is -1.14. The number of nitrogens with two attached hydrogens (primary N) is 1. The Labute approximate surface area is 109 Å². The second kappa shape index (κ2) is 6.34. The van der Waals surface area contributed by atoms with Crippen molar-refractivity contribution in [3.63, 3.8) is 0 Å². The van der Waals surface area contributed by atoms with Crippen molar-refractivity contribution in [3.05, 3.63) is 35.1 Å². The first-order valence-corrected chi connectivity index (χ1v) is 6.07. The molecule has 6 heteroatoms. The van der Waals surface area contributed by atoms with Crippen molar-refractivity contribution in [3.8, 4) is 0 Å². The van der Waals surface area contributed by atoms with Gasteiger partial charge in [-0.2, -0.15) is 13.2 Å². The monoisotopic (exact) mass is 279 g/mol. The number of aliphatic hydroxyl groups excluding tert-OH is 1. The molecular weight excluding hydrogens is 262 g/mol. The molecule has 3 N–H and O–H groups in total. The minimum absolute atomic E-state index is 0.0809. The van der Waals surface area contributed by atoms with E-state index in [0.717, 1.165) is 18.9 Å². The third-order valence-electron chi connectivity index (χ3n) is 2.95. The number of halogens is 4. The predicted octanol–water partition coefficient (Wildman–Crippen LogP) is 3.40. The third-order valence-corrected chi connectivity index (χ3v) is 2.95. The van der Waals surface area contributed by atoms with E-state index in [0.29, 0.717) is 12.5 Å². The van der Waals surface area contributed by atoms with Crippen LogP contribution in [0.5, 0.6) is 0 Å². The molecule has 0 aliphatic rings. The van der Waals surface area contributed by atoms with Gasteiger partial charge in [-0.05, 0) is 24.1 Å². The summed E-state index contributed by atoms with van der Waals surface area (Å²) in [5.74, 6) is -1.34. The summed E-state index contributed by atoms with van der Waals surface area (Å²) in [5.41, 5.74) is 4.42. The highest BCUT2D eigenvalue weighted by Gasteiger charge is 2.34. The van der Waals surface area contributed by atoms with Crippen molar-refractivity contribution in [2.24, 2.45) is 5.73 Å². The molecule has 0 radical (unpaired) electrons. The van der Waals surface area contributed by atoms with E-state index in [1.807, 2.05) is 6.92 Å². The number of hydrogen-bond donors (Lipinski definition) is 2. The van der Waals surface area contributed by atoms with Crippen LogP contribution in [0.4, 0.5) is 17.6 Å². The van der Waals surface area contributed by atoms with E-state index in [1.54, 1.807) is 0 Å². The Morgan fingerprint density at radius 3 is 2.47 bits per heavy atom. The molecular formula is C13H17F4NO. The Morgan fingerprint density at radius 2 is 1.95 bits per heavy atom. The molecule has 0 saturated carbocycles. The number of benzene rings is 1. The molecule has 0 aromatic heterocycles. The molecule has 0 spiro atoms. The quantitative estimate of drug-likeness (QED) is 0.811. The van der Waals surface area contributed by atoms with E-state index >= 15 is 0 Å². The summed E-state index contributed by atoms with van der Waals surface area (Å²) < 4.78 is 50.8. The Kier molecular flexibility index (Phi) is 5.31. The minimum atomic E-state index is -4.77. The van der Waals surface area contributed by atoms with Crippen molar-refractivity contribution in [1.29, 1.82) is 0 Å². The summed E-state index contributed by atoms with van der Waals surface area (Å²) in [7, 11) is 0. The van der Waals surface area contributed by atoms with Crippen molar-refractivity contribution >= 4 is 0 Å². The fourth-order valence-corrected chi connectivity index (χ4v) is 1.78. The van der Waals surface area contributed by atoms with Crippen LogP contribution in [0.25, 0.3) is 0 Å². The molecule has 0 bridgehead atoms. The molecule has 2 nitrogen and oxygen atoms in total. The molecule has 2 atom stereocenters. The van der Waals surface area contributed by atoms with Gasteiger partial charge in [0.05, 0.1) is 17.7 Å². The van der Waals surface area contributed by atoms with Crippen molar-refractivity contribution in [2.75, 3.05) is 0 Å². The van der Waals surface area contributed by atoms with Crippen molar-refractivity contribution in [2.45, 2.75) is 44.5 Å². The van der Waals surface area contributed by atoms with Crippen LogP contribution in [0.1, 0.15) is 43.4 Å². The van der Waals surface area contributed by atoms with Gasteiger partial charge in [0.25, 0.3) is 0 Å². The molecule has 0 heterocycles. The molecule has 0 unspecified atom stereocenters. The maximum Gasteiger partial charge on any atom is 0.419 e. The van der Waals surface area contributed by atoms with Gasteiger partial charge in [0.1, 0.15) is 5.82 Å². The summed E-state index contributed by atoms with van der Waals surface area (Å²) >= 11 is 0. The van der Waals surface area contributed by atoms with Crippen LogP contribution in [0.3, 0.4) is 0 Å². The standard InChI is InChI=1S/C13H17F4NO/c1-2-3-4-11(19)12(18)8-5-6-10(14)9(7-8)13(15,16)17/h5-7,11-12,19H,2-4,18H2,1H3/t11-,12+/m1/s1. The molecule has 1 aromatic rings. The Bertz CT molecular complexity index is 420. The highest BCUT2D eigenvalue weighted by Crippen LogP contribution is 2.33. The number of hydrogen-bond acceptors (Lipinski definition) is 2.